The smallest absolute Gasteiger partial charge is 0.226 e. The molecule has 0 aliphatic heterocycles. The van der Waals surface area contributed by atoms with Crippen LogP contribution in [0.15, 0.2) is 24.4 Å². The van der Waals surface area contributed by atoms with Gasteiger partial charge in [0.25, 0.3) is 0 Å². The number of halogens is 1. The molecule has 4 bridgehead atoms. The molecular formula is C18H21BrN4O. The second-order valence-electron chi connectivity index (χ2n) is 8.12. The highest BCUT2D eigenvalue weighted by atomic mass is 79.9. The number of hydrogen-bond acceptors (Lipinski definition) is 3. The van der Waals surface area contributed by atoms with E-state index in [1.165, 1.54) is 19.3 Å². The molecule has 1 amide bonds. The van der Waals surface area contributed by atoms with E-state index in [9.17, 15) is 4.79 Å². The van der Waals surface area contributed by atoms with Crippen LogP contribution >= 0.6 is 15.9 Å². The number of alkyl halides is 1. The van der Waals surface area contributed by atoms with Gasteiger partial charge < -0.3 is 5.32 Å². The van der Waals surface area contributed by atoms with Crippen LogP contribution in [0.3, 0.4) is 0 Å². The number of nitrogens with one attached hydrogen (secondary N) is 1. The van der Waals surface area contributed by atoms with E-state index in [1.54, 1.807) is 0 Å². The third-order valence-electron chi connectivity index (χ3n) is 6.26. The van der Waals surface area contributed by atoms with E-state index in [0.717, 1.165) is 30.7 Å². The average molecular weight is 389 g/mol. The number of amides is 1. The molecule has 6 rings (SSSR count). The summed E-state index contributed by atoms with van der Waals surface area (Å²) in [5.41, 5.74) is 0.643. The summed E-state index contributed by atoms with van der Waals surface area (Å²) in [6, 6.07) is 5.82. The van der Waals surface area contributed by atoms with Gasteiger partial charge in [0, 0.05) is 10.5 Å². The predicted molar refractivity (Wildman–Crippen MR) is 93.6 cm³/mol. The molecule has 0 saturated heterocycles. The van der Waals surface area contributed by atoms with Crippen molar-refractivity contribution < 1.29 is 4.79 Å². The van der Waals surface area contributed by atoms with Crippen molar-refractivity contribution in [1.82, 2.24) is 19.9 Å². The summed E-state index contributed by atoms with van der Waals surface area (Å²) in [4.78, 5) is 13.1. The number of carbonyl (C=O) groups excluding carboxylic acids is 1. The van der Waals surface area contributed by atoms with Gasteiger partial charge in [0.2, 0.25) is 5.91 Å². The van der Waals surface area contributed by atoms with Crippen LogP contribution in [-0.4, -0.2) is 24.8 Å². The van der Waals surface area contributed by atoms with Gasteiger partial charge in [-0.3, -0.25) is 9.20 Å². The molecular weight excluding hydrogens is 368 g/mol. The molecule has 6 heteroatoms. The lowest BCUT2D eigenvalue weighted by molar-refractivity contribution is -0.144. The summed E-state index contributed by atoms with van der Waals surface area (Å²) in [5.74, 6) is 2.43. The molecule has 2 atom stereocenters. The Hall–Kier alpha value is -1.43. The van der Waals surface area contributed by atoms with Crippen LogP contribution in [-0.2, 0) is 11.3 Å². The Kier molecular flexibility index (Phi) is 3.12. The summed E-state index contributed by atoms with van der Waals surface area (Å²) in [7, 11) is 0. The van der Waals surface area contributed by atoms with Crippen LogP contribution < -0.4 is 5.32 Å². The van der Waals surface area contributed by atoms with Crippen molar-refractivity contribution in [2.24, 2.45) is 17.3 Å². The second kappa shape index (κ2) is 5.04. The van der Waals surface area contributed by atoms with E-state index < -0.39 is 0 Å². The van der Waals surface area contributed by atoms with E-state index in [4.69, 9.17) is 0 Å². The minimum Gasteiger partial charge on any atom is -0.348 e. The third kappa shape index (κ3) is 2.22. The van der Waals surface area contributed by atoms with Crippen molar-refractivity contribution in [3.63, 3.8) is 0 Å². The lowest BCUT2D eigenvalue weighted by atomic mass is 9.49. The van der Waals surface area contributed by atoms with E-state index >= 15 is 0 Å². The monoisotopic (exact) mass is 388 g/mol. The normalized spacial score (nSPS) is 37.0. The maximum absolute atomic E-state index is 13.1. The Morgan fingerprint density at radius 3 is 2.79 bits per heavy atom. The molecule has 2 aromatic rings. The Morgan fingerprint density at radius 2 is 2.04 bits per heavy atom. The number of nitrogens with zero attached hydrogens (tertiary/aromatic N) is 3. The Bertz CT molecular complexity index is 802. The van der Waals surface area contributed by atoms with Crippen molar-refractivity contribution in [2.45, 2.75) is 49.4 Å². The summed E-state index contributed by atoms with van der Waals surface area (Å²) < 4.78 is 2.14. The number of rotatable bonds is 3. The highest BCUT2D eigenvalue weighted by Crippen LogP contribution is 2.64. The quantitative estimate of drug-likeness (QED) is 0.821. The van der Waals surface area contributed by atoms with Crippen LogP contribution in [0.1, 0.15) is 44.3 Å². The van der Waals surface area contributed by atoms with Crippen molar-refractivity contribution in [3.05, 3.63) is 30.2 Å². The first kappa shape index (κ1) is 14.9. The molecule has 0 spiro atoms. The molecule has 2 aromatic heterocycles. The van der Waals surface area contributed by atoms with Gasteiger partial charge in [0.05, 0.1) is 12.0 Å². The van der Waals surface area contributed by atoms with Gasteiger partial charge in [-0.05, 0) is 62.5 Å². The molecule has 2 unspecified atom stereocenters. The van der Waals surface area contributed by atoms with Gasteiger partial charge in [-0.15, -0.1) is 10.2 Å². The first-order valence-corrected chi connectivity index (χ1v) is 9.61. The van der Waals surface area contributed by atoms with Gasteiger partial charge in [-0.1, -0.05) is 22.0 Å². The predicted octanol–water partition coefficient (Wildman–Crippen LogP) is 3.08. The fourth-order valence-corrected chi connectivity index (χ4v) is 7.23. The van der Waals surface area contributed by atoms with E-state index in [-0.39, 0.29) is 15.6 Å². The number of pyridine rings is 1. The summed E-state index contributed by atoms with van der Waals surface area (Å²) in [5, 5.41) is 11.5. The molecule has 1 N–H and O–H groups in total. The lowest BCUT2D eigenvalue weighted by Crippen LogP contribution is -2.58. The molecule has 2 heterocycles. The molecule has 5 nitrogen and oxygen atoms in total. The highest BCUT2D eigenvalue weighted by molar-refractivity contribution is 9.10. The highest BCUT2D eigenvalue weighted by Gasteiger charge is 2.59. The lowest BCUT2D eigenvalue weighted by Gasteiger charge is -2.59. The summed E-state index contributed by atoms with van der Waals surface area (Å²) >= 11 is 3.98. The van der Waals surface area contributed by atoms with E-state index in [0.29, 0.717) is 18.4 Å². The molecule has 126 valence electrons. The summed E-state index contributed by atoms with van der Waals surface area (Å²) in [6.07, 6.45) is 8.85. The molecule has 4 aliphatic rings. The maximum atomic E-state index is 13.1. The molecule has 24 heavy (non-hydrogen) atoms. The molecule has 4 aliphatic carbocycles. The van der Waals surface area contributed by atoms with E-state index in [2.05, 4.69) is 31.4 Å². The van der Waals surface area contributed by atoms with Gasteiger partial charge in [0.1, 0.15) is 0 Å². The van der Waals surface area contributed by atoms with Crippen LogP contribution in [0.25, 0.3) is 5.65 Å². The van der Waals surface area contributed by atoms with Crippen molar-refractivity contribution in [1.29, 1.82) is 0 Å². The fraction of sp³-hybridized carbons (Fsp3) is 0.611. The third-order valence-corrected chi connectivity index (χ3v) is 7.19. The number of carbonyl (C=O) groups is 1. The number of hydrogen-bond donors (Lipinski definition) is 1. The second-order valence-corrected chi connectivity index (χ2v) is 9.80. The summed E-state index contributed by atoms with van der Waals surface area (Å²) in [6.45, 7) is 0.441. The first-order valence-electron chi connectivity index (χ1n) is 8.81. The minimum atomic E-state index is -0.173. The van der Waals surface area contributed by atoms with Crippen molar-refractivity contribution in [2.75, 3.05) is 0 Å². The first-order chi connectivity index (χ1) is 11.6. The Labute approximate surface area is 149 Å². The van der Waals surface area contributed by atoms with Crippen LogP contribution in [0, 0.1) is 17.3 Å². The average Bonchev–Trinajstić information content (AvgIpc) is 2.93. The zero-order chi connectivity index (χ0) is 16.4. The molecule has 4 saturated carbocycles. The Morgan fingerprint density at radius 1 is 1.25 bits per heavy atom. The zero-order valence-electron chi connectivity index (χ0n) is 13.5. The molecule has 0 aromatic carbocycles. The Balaban J connectivity index is 1.36. The topological polar surface area (TPSA) is 59.3 Å². The van der Waals surface area contributed by atoms with E-state index in [1.807, 2.05) is 28.8 Å². The van der Waals surface area contributed by atoms with Crippen molar-refractivity contribution in [3.8, 4) is 0 Å². The van der Waals surface area contributed by atoms with Gasteiger partial charge in [-0.2, -0.15) is 0 Å². The SMILES string of the molecule is O=C(NCc1nnc2ccccn12)C12CC3CC(CC(Br)(C3)C1)C2. The van der Waals surface area contributed by atoms with Gasteiger partial charge in [0.15, 0.2) is 11.5 Å². The van der Waals surface area contributed by atoms with Crippen LogP contribution in [0.4, 0.5) is 0 Å². The fourth-order valence-electron chi connectivity index (χ4n) is 5.77. The molecule has 0 radical (unpaired) electrons. The van der Waals surface area contributed by atoms with Crippen LogP contribution in [0.2, 0.25) is 0 Å². The number of fused-ring (bicyclic) bond motifs is 1. The molecule has 4 fully saturated rings. The maximum Gasteiger partial charge on any atom is 0.226 e. The number of aromatic nitrogens is 3. The van der Waals surface area contributed by atoms with Gasteiger partial charge >= 0.3 is 0 Å². The van der Waals surface area contributed by atoms with Crippen molar-refractivity contribution >= 4 is 27.5 Å². The largest absolute Gasteiger partial charge is 0.348 e. The van der Waals surface area contributed by atoms with Crippen LogP contribution in [0.5, 0.6) is 0 Å². The minimum absolute atomic E-state index is 0.173. The van der Waals surface area contributed by atoms with Gasteiger partial charge in [-0.25, -0.2) is 0 Å². The standard InChI is InChI=1S/C18H21BrN4O/c19-18-8-12-5-13(9-18)7-17(6-12,11-18)16(24)20-10-15-22-21-14-3-1-2-4-23(14)15/h1-4,12-13H,5-11H2,(H,20,24). The zero-order valence-corrected chi connectivity index (χ0v) is 15.1.